The zero-order valence-electron chi connectivity index (χ0n) is 25.0. The second kappa shape index (κ2) is 11.7. The standard InChI is InChI=1S/C30H25ClF5N5O7/c1-3-46-25-17(26(37)42)9-22(39-24(25)16-8-19-20(10-18(16)31)48-30(35,36)47-19)28(44,29(32,33)34)12-38-27(43)13-6-14-11-41(15-4-5-15)40-23(14)21(7-13)45-2/h6-11,15,44H,3-5,12H2,1-2H3,(H2,37,42)(H,38,43)/t28-/m0/s1. The summed E-state index contributed by atoms with van der Waals surface area (Å²) in [6.45, 7) is -0.159. The summed E-state index contributed by atoms with van der Waals surface area (Å²) in [7, 11) is 1.35. The lowest BCUT2D eigenvalue weighted by Gasteiger charge is -2.31. The predicted molar refractivity (Wildman–Crippen MR) is 157 cm³/mol. The number of ether oxygens (including phenoxy) is 4. The highest BCUT2D eigenvalue weighted by atomic mass is 35.5. The minimum Gasteiger partial charge on any atom is -0.494 e. The van der Waals surface area contributed by atoms with E-state index >= 15 is 0 Å². The minimum atomic E-state index is -5.51. The third-order valence-electron chi connectivity index (χ3n) is 7.67. The van der Waals surface area contributed by atoms with Gasteiger partial charge in [0.2, 0.25) is 5.60 Å². The summed E-state index contributed by atoms with van der Waals surface area (Å²) in [4.78, 5) is 29.7. The largest absolute Gasteiger partial charge is 0.586 e. The molecule has 4 aromatic rings. The van der Waals surface area contributed by atoms with Gasteiger partial charge < -0.3 is 35.1 Å². The first-order chi connectivity index (χ1) is 22.5. The monoisotopic (exact) mass is 697 g/mol. The summed E-state index contributed by atoms with van der Waals surface area (Å²) < 4.78 is 93.1. The van der Waals surface area contributed by atoms with Crippen molar-refractivity contribution in [1.82, 2.24) is 20.1 Å². The van der Waals surface area contributed by atoms with Gasteiger partial charge in [-0.3, -0.25) is 14.3 Å². The van der Waals surface area contributed by atoms with E-state index < -0.39 is 70.6 Å². The van der Waals surface area contributed by atoms with Crippen molar-refractivity contribution in [2.45, 2.75) is 43.9 Å². The number of aromatic nitrogens is 3. The molecule has 2 aromatic carbocycles. The van der Waals surface area contributed by atoms with Gasteiger partial charge in [0.25, 0.3) is 11.8 Å². The number of rotatable bonds is 10. The summed E-state index contributed by atoms with van der Waals surface area (Å²) in [6, 6.07) is 5.25. The number of nitrogens with one attached hydrogen (secondary N) is 1. The highest BCUT2D eigenvalue weighted by Gasteiger charge is 2.57. The van der Waals surface area contributed by atoms with Crippen LogP contribution < -0.4 is 30.0 Å². The van der Waals surface area contributed by atoms with Gasteiger partial charge in [-0.05, 0) is 44.0 Å². The van der Waals surface area contributed by atoms with Crippen LogP contribution in [0.2, 0.25) is 5.02 Å². The van der Waals surface area contributed by atoms with Gasteiger partial charge in [0, 0.05) is 28.8 Å². The van der Waals surface area contributed by atoms with Gasteiger partial charge in [-0.2, -0.15) is 18.3 Å². The van der Waals surface area contributed by atoms with Crippen molar-refractivity contribution < 1.29 is 55.6 Å². The third-order valence-corrected chi connectivity index (χ3v) is 7.98. The Labute approximate surface area is 272 Å². The summed E-state index contributed by atoms with van der Waals surface area (Å²) in [5, 5.41) is 17.9. The Morgan fingerprint density at radius 1 is 1.17 bits per heavy atom. The summed E-state index contributed by atoms with van der Waals surface area (Å²) in [6.07, 6.45) is -6.04. The van der Waals surface area contributed by atoms with Crippen LogP contribution in [0.25, 0.3) is 22.2 Å². The number of methoxy groups -OCH3 is 1. The van der Waals surface area contributed by atoms with Crippen LogP contribution in [0.5, 0.6) is 23.0 Å². The number of pyridine rings is 1. The normalized spacial score (nSPS) is 16.4. The second-order valence-corrected chi connectivity index (χ2v) is 11.4. The topological polar surface area (TPSA) is 160 Å². The maximum atomic E-state index is 14.7. The van der Waals surface area contributed by atoms with Crippen molar-refractivity contribution in [2.24, 2.45) is 5.73 Å². The lowest BCUT2D eigenvalue weighted by molar-refractivity contribution is -0.286. The molecule has 12 nitrogen and oxygen atoms in total. The molecule has 48 heavy (non-hydrogen) atoms. The van der Waals surface area contributed by atoms with Crippen LogP contribution in [0.4, 0.5) is 22.0 Å². The molecule has 0 unspecified atom stereocenters. The fourth-order valence-electron chi connectivity index (χ4n) is 5.13. The third kappa shape index (κ3) is 5.87. The number of halogens is 6. The number of benzene rings is 2. The van der Waals surface area contributed by atoms with E-state index in [0.29, 0.717) is 17.0 Å². The average Bonchev–Trinajstić information content (AvgIpc) is 3.70. The number of fused-ring (bicyclic) bond motifs is 2. The lowest BCUT2D eigenvalue weighted by atomic mass is 9.94. The Kier molecular flexibility index (Phi) is 8.02. The fourth-order valence-corrected chi connectivity index (χ4v) is 5.38. The van der Waals surface area contributed by atoms with Crippen molar-refractivity contribution in [1.29, 1.82) is 0 Å². The van der Waals surface area contributed by atoms with Crippen molar-refractivity contribution >= 4 is 34.3 Å². The van der Waals surface area contributed by atoms with Crippen LogP contribution in [-0.4, -0.2) is 64.4 Å². The molecule has 254 valence electrons. The van der Waals surface area contributed by atoms with E-state index in [0.717, 1.165) is 25.0 Å². The van der Waals surface area contributed by atoms with Gasteiger partial charge in [-0.15, -0.1) is 8.78 Å². The highest BCUT2D eigenvalue weighted by Crippen LogP contribution is 2.49. The number of nitrogens with two attached hydrogens (primary N) is 1. The van der Waals surface area contributed by atoms with Crippen molar-refractivity contribution in [3.63, 3.8) is 0 Å². The second-order valence-electron chi connectivity index (χ2n) is 11.0. The smallest absolute Gasteiger partial charge is 0.494 e. The zero-order valence-corrected chi connectivity index (χ0v) is 25.7. The van der Waals surface area contributed by atoms with Crippen LogP contribution >= 0.6 is 11.6 Å². The van der Waals surface area contributed by atoms with E-state index in [9.17, 15) is 36.6 Å². The highest BCUT2D eigenvalue weighted by molar-refractivity contribution is 6.33. The molecule has 1 saturated carbocycles. The molecule has 2 aromatic heterocycles. The van der Waals surface area contributed by atoms with Gasteiger partial charge in [0.05, 0.1) is 42.6 Å². The molecule has 4 N–H and O–H groups in total. The number of amides is 2. The summed E-state index contributed by atoms with van der Waals surface area (Å²) in [5.41, 5.74) is -0.847. The van der Waals surface area contributed by atoms with Gasteiger partial charge in [0.1, 0.15) is 17.0 Å². The van der Waals surface area contributed by atoms with Crippen LogP contribution in [0, 0.1) is 0 Å². The molecule has 1 aliphatic carbocycles. The van der Waals surface area contributed by atoms with Gasteiger partial charge in [-0.1, -0.05) is 11.6 Å². The first-order valence-corrected chi connectivity index (χ1v) is 14.6. The number of hydrogen-bond donors (Lipinski definition) is 3. The number of hydrogen-bond acceptors (Lipinski definition) is 9. The SMILES string of the molecule is CCOc1c(C(N)=O)cc([C@@](O)(CNC(=O)c2cc(OC)c3nn(C4CC4)cc3c2)C(F)(F)F)nc1-c1cc2c(cc1Cl)OC(F)(F)O2. The molecule has 0 spiro atoms. The molecular formula is C30H25ClF5N5O7. The Balaban J connectivity index is 1.41. The maximum Gasteiger partial charge on any atom is 0.586 e. The first kappa shape index (κ1) is 33.0. The quantitative estimate of drug-likeness (QED) is 0.192. The molecule has 2 amide bonds. The fraction of sp³-hybridized carbons (Fsp3) is 0.333. The molecule has 0 radical (unpaired) electrons. The number of primary amides is 1. The van der Waals surface area contributed by atoms with Crippen molar-refractivity contribution in [3.8, 4) is 34.3 Å². The van der Waals surface area contributed by atoms with E-state index in [1.807, 2.05) is 0 Å². The molecule has 0 saturated heterocycles. The van der Waals surface area contributed by atoms with Crippen LogP contribution in [0.15, 0.2) is 36.5 Å². The Bertz CT molecular complexity index is 1970. The molecule has 2 aliphatic rings. The van der Waals surface area contributed by atoms with Crippen molar-refractivity contribution in [3.05, 3.63) is 58.4 Å². The van der Waals surface area contributed by atoms with Gasteiger partial charge in [-0.25, -0.2) is 4.98 Å². The minimum absolute atomic E-state index is 0.0960. The van der Waals surface area contributed by atoms with E-state index in [2.05, 4.69) is 24.9 Å². The number of carbonyl (C=O) groups is 2. The maximum absolute atomic E-state index is 14.7. The molecular weight excluding hydrogens is 673 g/mol. The van der Waals surface area contributed by atoms with Crippen molar-refractivity contribution in [2.75, 3.05) is 20.3 Å². The number of aliphatic hydroxyl groups is 1. The Morgan fingerprint density at radius 3 is 2.46 bits per heavy atom. The van der Waals surface area contributed by atoms with E-state index in [4.69, 9.17) is 26.8 Å². The van der Waals surface area contributed by atoms with E-state index in [1.54, 1.807) is 10.9 Å². The summed E-state index contributed by atoms with van der Waals surface area (Å²) in [5.74, 6) is -3.59. The van der Waals surface area contributed by atoms with Crippen LogP contribution in [-0.2, 0) is 5.60 Å². The Hall–Kier alpha value is -4.90. The predicted octanol–water partition coefficient (Wildman–Crippen LogP) is 5.09. The van der Waals surface area contributed by atoms with Crippen LogP contribution in [0.1, 0.15) is 52.2 Å². The van der Waals surface area contributed by atoms with Gasteiger partial charge >= 0.3 is 12.5 Å². The number of nitrogens with zero attached hydrogens (tertiary/aromatic N) is 3. The number of carbonyl (C=O) groups excluding carboxylic acids is 2. The van der Waals surface area contributed by atoms with E-state index in [1.165, 1.54) is 26.2 Å². The molecule has 6 rings (SSSR count). The van der Waals surface area contributed by atoms with Gasteiger partial charge in [0.15, 0.2) is 17.2 Å². The molecule has 3 heterocycles. The summed E-state index contributed by atoms with van der Waals surface area (Å²) >= 11 is 6.30. The molecule has 1 aliphatic heterocycles. The number of alkyl halides is 5. The van der Waals surface area contributed by atoms with E-state index in [-0.39, 0.29) is 34.5 Å². The molecule has 1 fully saturated rings. The zero-order chi connectivity index (χ0) is 34.8. The Morgan fingerprint density at radius 2 is 1.85 bits per heavy atom. The first-order valence-electron chi connectivity index (χ1n) is 14.3. The average molecular weight is 698 g/mol. The molecule has 1 atom stereocenters. The van der Waals surface area contributed by atoms with Crippen LogP contribution in [0.3, 0.4) is 0 Å². The molecule has 0 bridgehead atoms. The lowest BCUT2D eigenvalue weighted by Crippen LogP contribution is -2.51. The molecule has 18 heteroatoms.